The molecule has 0 bridgehead atoms. The van der Waals surface area contributed by atoms with Gasteiger partial charge in [-0.05, 0) is 38.0 Å². The summed E-state index contributed by atoms with van der Waals surface area (Å²) in [7, 11) is 2.02. The van der Waals surface area contributed by atoms with Gasteiger partial charge in [0.2, 0.25) is 0 Å². The number of aryl methyl sites for hydroxylation is 3. The van der Waals surface area contributed by atoms with Crippen LogP contribution in [0.2, 0.25) is 0 Å². The topological polar surface area (TPSA) is 42.2 Å². The lowest BCUT2D eigenvalue weighted by atomic mass is 10.1. The summed E-state index contributed by atoms with van der Waals surface area (Å²) in [5, 5.41) is 0. The molecule has 0 fully saturated rings. The van der Waals surface area contributed by atoms with E-state index in [-0.39, 0.29) is 0 Å². The quantitative estimate of drug-likeness (QED) is 0.880. The summed E-state index contributed by atoms with van der Waals surface area (Å²) in [4.78, 5) is 7.13. The second-order valence-corrected chi connectivity index (χ2v) is 5.93. The van der Waals surface area contributed by atoms with Crippen molar-refractivity contribution in [2.75, 3.05) is 11.9 Å². The summed E-state index contributed by atoms with van der Waals surface area (Å²) < 4.78 is 0. The van der Waals surface area contributed by atoms with E-state index >= 15 is 0 Å². The minimum Gasteiger partial charge on any atom is -0.389 e. The number of hydrogen-bond acceptors (Lipinski definition) is 3. The molecule has 0 spiro atoms. The predicted octanol–water partition coefficient (Wildman–Crippen LogP) is 3.28. The van der Waals surface area contributed by atoms with Crippen molar-refractivity contribution in [2.24, 2.45) is 5.73 Å². The smallest absolute Gasteiger partial charge is 0.139 e. The van der Waals surface area contributed by atoms with E-state index in [4.69, 9.17) is 18.0 Å². The van der Waals surface area contributed by atoms with Crippen LogP contribution in [0.5, 0.6) is 0 Å². The Morgan fingerprint density at radius 3 is 2.57 bits per heavy atom. The van der Waals surface area contributed by atoms with Gasteiger partial charge in [-0.3, -0.25) is 0 Å². The monoisotopic (exact) mass is 299 g/mol. The highest BCUT2D eigenvalue weighted by Gasteiger charge is 2.15. The normalized spacial score (nSPS) is 10.5. The molecule has 2 aromatic rings. The fourth-order valence-corrected chi connectivity index (χ4v) is 2.81. The molecule has 4 heteroatoms. The van der Waals surface area contributed by atoms with Crippen molar-refractivity contribution in [1.82, 2.24) is 4.98 Å². The van der Waals surface area contributed by atoms with Crippen molar-refractivity contribution in [3.63, 3.8) is 0 Å². The zero-order valence-corrected chi connectivity index (χ0v) is 13.8. The average Bonchev–Trinajstić information content (AvgIpc) is 2.37. The maximum atomic E-state index is 5.89. The van der Waals surface area contributed by atoms with E-state index in [1.54, 1.807) is 0 Å². The second-order valence-electron chi connectivity index (χ2n) is 5.49. The summed E-state index contributed by atoms with van der Waals surface area (Å²) in [5.74, 6) is 0.849. The molecule has 0 saturated carbocycles. The van der Waals surface area contributed by atoms with Crippen molar-refractivity contribution in [3.8, 4) is 0 Å². The Morgan fingerprint density at radius 2 is 1.95 bits per heavy atom. The van der Waals surface area contributed by atoms with E-state index in [0.717, 1.165) is 29.2 Å². The van der Waals surface area contributed by atoms with Gasteiger partial charge in [0.15, 0.2) is 0 Å². The molecular weight excluding hydrogens is 278 g/mol. The maximum Gasteiger partial charge on any atom is 0.139 e. The molecule has 0 aliphatic rings. The summed E-state index contributed by atoms with van der Waals surface area (Å²) in [6.45, 7) is 6.87. The molecule has 0 saturated heterocycles. The van der Waals surface area contributed by atoms with Gasteiger partial charge in [0.25, 0.3) is 0 Å². The number of nitrogens with two attached hydrogens (primary N) is 1. The first-order valence-corrected chi connectivity index (χ1v) is 7.34. The van der Waals surface area contributed by atoms with Crippen LogP contribution in [0.15, 0.2) is 30.3 Å². The van der Waals surface area contributed by atoms with Crippen molar-refractivity contribution >= 4 is 23.0 Å². The van der Waals surface area contributed by atoms with Gasteiger partial charge in [-0.25, -0.2) is 4.98 Å². The summed E-state index contributed by atoms with van der Waals surface area (Å²) >= 11 is 5.20. The van der Waals surface area contributed by atoms with Gasteiger partial charge in [-0.2, -0.15) is 0 Å². The van der Waals surface area contributed by atoms with Crippen LogP contribution in [0, 0.1) is 20.8 Å². The van der Waals surface area contributed by atoms with Crippen LogP contribution >= 0.6 is 12.2 Å². The first-order valence-electron chi connectivity index (χ1n) is 6.93. The molecule has 0 amide bonds. The Morgan fingerprint density at radius 1 is 1.24 bits per heavy atom. The number of aromatic nitrogens is 1. The van der Waals surface area contributed by atoms with Gasteiger partial charge in [-0.1, -0.05) is 42.0 Å². The Balaban J connectivity index is 2.39. The van der Waals surface area contributed by atoms with Gasteiger partial charge in [0.1, 0.15) is 10.8 Å². The Bertz CT molecular complexity index is 680. The van der Waals surface area contributed by atoms with Crippen molar-refractivity contribution in [2.45, 2.75) is 27.3 Å². The average molecular weight is 299 g/mol. The highest BCUT2D eigenvalue weighted by atomic mass is 32.1. The lowest BCUT2D eigenvalue weighted by molar-refractivity contribution is 0.887. The molecule has 0 atom stereocenters. The SMILES string of the molecule is Cc1cccc(CN(C)c2nc(C)cc(C)c2C(N)=S)c1. The van der Waals surface area contributed by atoms with E-state index in [2.05, 4.69) is 41.1 Å². The van der Waals surface area contributed by atoms with Crippen LogP contribution in [-0.4, -0.2) is 17.0 Å². The Hall–Kier alpha value is -1.94. The lowest BCUT2D eigenvalue weighted by Gasteiger charge is -2.23. The summed E-state index contributed by atoms with van der Waals surface area (Å²) in [6, 6.07) is 10.5. The van der Waals surface area contributed by atoms with Crippen molar-refractivity contribution < 1.29 is 0 Å². The number of thiocarbonyl (C=S) groups is 1. The largest absolute Gasteiger partial charge is 0.389 e. The standard InChI is InChI=1S/C17H21N3S/c1-11-6-5-7-14(8-11)10-20(4)17-15(16(18)21)12(2)9-13(3)19-17/h5-9H,10H2,1-4H3,(H2,18,21). The fraction of sp³-hybridized carbons (Fsp3) is 0.294. The third-order valence-electron chi connectivity index (χ3n) is 3.44. The number of nitrogens with zero attached hydrogens (tertiary/aromatic N) is 2. The van der Waals surface area contributed by atoms with Gasteiger partial charge >= 0.3 is 0 Å². The molecule has 21 heavy (non-hydrogen) atoms. The molecule has 2 rings (SSSR count). The zero-order valence-electron chi connectivity index (χ0n) is 13.0. The zero-order chi connectivity index (χ0) is 15.6. The van der Waals surface area contributed by atoms with E-state index in [1.165, 1.54) is 11.1 Å². The van der Waals surface area contributed by atoms with Crippen LogP contribution in [0.3, 0.4) is 0 Å². The number of rotatable bonds is 4. The van der Waals surface area contributed by atoms with Crippen LogP contribution in [0.1, 0.15) is 27.9 Å². The highest BCUT2D eigenvalue weighted by Crippen LogP contribution is 2.23. The van der Waals surface area contributed by atoms with E-state index < -0.39 is 0 Å². The molecule has 1 aromatic heterocycles. The number of hydrogen-bond donors (Lipinski definition) is 1. The summed E-state index contributed by atoms with van der Waals surface area (Å²) in [6.07, 6.45) is 0. The second kappa shape index (κ2) is 6.22. The first-order chi connectivity index (χ1) is 9.88. The van der Waals surface area contributed by atoms with E-state index in [9.17, 15) is 0 Å². The number of anilines is 1. The van der Waals surface area contributed by atoms with E-state index in [0.29, 0.717) is 4.99 Å². The lowest BCUT2D eigenvalue weighted by Crippen LogP contribution is -2.24. The number of benzene rings is 1. The van der Waals surface area contributed by atoms with Crippen molar-refractivity contribution in [3.05, 3.63) is 58.3 Å². The summed E-state index contributed by atoms with van der Waals surface area (Å²) in [5.41, 5.74) is 11.3. The van der Waals surface area contributed by atoms with Crippen LogP contribution in [-0.2, 0) is 6.54 Å². The molecule has 0 aliphatic heterocycles. The molecule has 0 aliphatic carbocycles. The maximum absolute atomic E-state index is 5.89. The molecule has 1 heterocycles. The van der Waals surface area contributed by atoms with E-state index in [1.807, 2.05) is 27.0 Å². The molecule has 110 valence electrons. The Kier molecular flexibility index (Phi) is 4.58. The minimum absolute atomic E-state index is 0.395. The van der Waals surface area contributed by atoms with Gasteiger partial charge in [0, 0.05) is 19.3 Å². The fourth-order valence-electron chi connectivity index (χ4n) is 2.56. The van der Waals surface area contributed by atoms with Crippen molar-refractivity contribution in [1.29, 1.82) is 0 Å². The first kappa shape index (κ1) is 15.4. The third-order valence-corrected chi connectivity index (χ3v) is 3.64. The predicted molar refractivity (Wildman–Crippen MR) is 92.9 cm³/mol. The highest BCUT2D eigenvalue weighted by molar-refractivity contribution is 7.80. The van der Waals surface area contributed by atoms with Gasteiger partial charge in [0.05, 0.1) is 5.56 Å². The molecule has 2 N–H and O–H groups in total. The molecule has 0 unspecified atom stereocenters. The van der Waals surface area contributed by atoms with Gasteiger partial charge in [-0.15, -0.1) is 0 Å². The molecule has 0 radical (unpaired) electrons. The van der Waals surface area contributed by atoms with Gasteiger partial charge < -0.3 is 10.6 Å². The third kappa shape index (κ3) is 3.58. The van der Waals surface area contributed by atoms with Crippen LogP contribution in [0.4, 0.5) is 5.82 Å². The minimum atomic E-state index is 0.395. The molecule has 1 aromatic carbocycles. The van der Waals surface area contributed by atoms with Crippen LogP contribution < -0.4 is 10.6 Å². The Labute approximate surface area is 131 Å². The number of pyridine rings is 1. The van der Waals surface area contributed by atoms with Crippen LogP contribution in [0.25, 0.3) is 0 Å². The molecule has 3 nitrogen and oxygen atoms in total. The molecular formula is C17H21N3S.